The summed E-state index contributed by atoms with van der Waals surface area (Å²) in [5.41, 5.74) is 0. The first-order valence-electron chi connectivity index (χ1n) is 5.87. The summed E-state index contributed by atoms with van der Waals surface area (Å²) in [6.45, 7) is 3.44. The Hall–Kier alpha value is -0.370. The van der Waals surface area contributed by atoms with Crippen LogP contribution in [0.2, 0.25) is 0 Å². The minimum Gasteiger partial charge on any atom is -1.00 e. The zero-order valence-electron chi connectivity index (χ0n) is 9.66. The van der Waals surface area contributed by atoms with Crippen LogP contribution < -0.4 is 21.5 Å². The molecule has 0 saturated carbocycles. The van der Waals surface area contributed by atoms with Crippen LogP contribution in [0.3, 0.4) is 0 Å². The number of nitrogens with zero attached hydrogens (tertiary/aromatic N) is 1. The second-order valence-electron chi connectivity index (χ2n) is 3.88. The second-order valence-corrected chi connectivity index (χ2v) is 3.88. The summed E-state index contributed by atoms with van der Waals surface area (Å²) in [5, 5.41) is 0. The van der Waals surface area contributed by atoms with Gasteiger partial charge < -0.3 is 17.0 Å². The highest BCUT2D eigenvalue weighted by atomic mass is 79.9. The lowest BCUT2D eigenvalue weighted by atomic mass is 10.1. The molecule has 0 aliphatic heterocycles. The summed E-state index contributed by atoms with van der Waals surface area (Å²) in [5.74, 6) is 0. The minimum atomic E-state index is 0. The summed E-state index contributed by atoms with van der Waals surface area (Å²) in [4.78, 5) is 0. The van der Waals surface area contributed by atoms with Gasteiger partial charge in [0.1, 0.15) is 6.54 Å². The fourth-order valence-electron chi connectivity index (χ4n) is 1.66. The number of unbranched alkanes of at least 4 members (excludes halogenated alkanes) is 5. The SMILES string of the molecule is CCCCCCCC[n+]1ccccc1.[Br-]. The molecule has 0 atom stereocenters. The highest BCUT2D eigenvalue weighted by molar-refractivity contribution is 4.83. The molecule has 0 aromatic carbocycles. The Kier molecular flexibility index (Phi) is 9.91. The molecule has 86 valence electrons. The molecule has 0 fully saturated rings. The fraction of sp³-hybridized carbons (Fsp3) is 0.615. The molecule has 0 N–H and O–H groups in total. The Balaban J connectivity index is 0.00000196. The fourth-order valence-corrected chi connectivity index (χ4v) is 1.66. The van der Waals surface area contributed by atoms with Crippen molar-refractivity contribution in [1.82, 2.24) is 0 Å². The molecule has 15 heavy (non-hydrogen) atoms. The molecule has 1 aromatic rings. The van der Waals surface area contributed by atoms with Crippen molar-refractivity contribution in [1.29, 1.82) is 0 Å². The summed E-state index contributed by atoms with van der Waals surface area (Å²) in [7, 11) is 0. The summed E-state index contributed by atoms with van der Waals surface area (Å²) in [6, 6.07) is 6.26. The van der Waals surface area contributed by atoms with Crippen molar-refractivity contribution in [2.75, 3.05) is 0 Å². The smallest absolute Gasteiger partial charge is 0.168 e. The highest BCUT2D eigenvalue weighted by Gasteiger charge is 1.96. The first kappa shape index (κ1) is 14.6. The molecule has 0 spiro atoms. The van der Waals surface area contributed by atoms with Crippen molar-refractivity contribution in [2.24, 2.45) is 0 Å². The van der Waals surface area contributed by atoms with Gasteiger partial charge in [-0.2, -0.15) is 0 Å². The van der Waals surface area contributed by atoms with Crippen molar-refractivity contribution in [3.8, 4) is 0 Å². The highest BCUT2D eigenvalue weighted by Crippen LogP contribution is 2.04. The lowest BCUT2D eigenvalue weighted by Crippen LogP contribution is -3.00. The zero-order valence-corrected chi connectivity index (χ0v) is 11.2. The molecular weight excluding hydrogens is 250 g/mol. The Bertz CT molecular complexity index is 223. The zero-order chi connectivity index (χ0) is 10.1. The van der Waals surface area contributed by atoms with Crippen LogP contribution in [0.1, 0.15) is 45.4 Å². The van der Waals surface area contributed by atoms with E-state index in [-0.39, 0.29) is 17.0 Å². The van der Waals surface area contributed by atoms with Gasteiger partial charge in [-0.1, -0.05) is 38.7 Å². The average Bonchev–Trinajstić information content (AvgIpc) is 2.25. The van der Waals surface area contributed by atoms with Gasteiger partial charge >= 0.3 is 0 Å². The second kappa shape index (κ2) is 10.2. The van der Waals surface area contributed by atoms with E-state index < -0.39 is 0 Å². The third kappa shape index (κ3) is 7.55. The largest absolute Gasteiger partial charge is 1.00 e. The molecule has 0 bridgehead atoms. The van der Waals surface area contributed by atoms with Gasteiger partial charge in [-0.25, -0.2) is 4.57 Å². The van der Waals surface area contributed by atoms with Crippen LogP contribution in [0.4, 0.5) is 0 Å². The maximum absolute atomic E-state index is 2.26. The van der Waals surface area contributed by atoms with Crippen molar-refractivity contribution >= 4 is 0 Å². The number of hydrogen-bond donors (Lipinski definition) is 0. The first-order valence-corrected chi connectivity index (χ1v) is 5.87. The molecule has 1 heterocycles. The molecule has 0 amide bonds. The van der Waals surface area contributed by atoms with E-state index in [9.17, 15) is 0 Å². The topological polar surface area (TPSA) is 3.88 Å². The molecule has 0 saturated heterocycles. The van der Waals surface area contributed by atoms with Crippen LogP contribution >= 0.6 is 0 Å². The predicted molar refractivity (Wildman–Crippen MR) is 60.0 cm³/mol. The molecule has 0 unspecified atom stereocenters. The Morgan fingerprint density at radius 2 is 1.40 bits per heavy atom. The lowest BCUT2D eigenvalue weighted by molar-refractivity contribution is -0.697. The van der Waals surface area contributed by atoms with Crippen LogP contribution in [-0.2, 0) is 6.54 Å². The van der Waals surface area contributed by atoms with E-state index in [1.54, 1.807) is 0 Å². The molecule has 0 radical (unpaired) electrons. The summed E-state index contributed by atoms with van der Waals surface area (Å²) < 4.78 is 2.26. The van der Waals surface area contributed by atoms with Crippen LogP contribution in [0, 0.1) is 0 Å². The number of aryl methyl sites for hydroxylation is 1. The number of pyridine rings is 1. The Labute approximate surface area is 104 Å². The molecule has 2 heteroatoms. The van der Waals surface area contributed by atoms with E-state index in [4.69, 9.17) is 0 Å². The standard InChI is InChI=1S/C13H22N.BrH/c1-2-3-4-5-6-8-11-14-12-9-7-10-13-14;/h7,9-10,12-13H,2-6,8,11H2,1H3;1H/q+1;/p-1. The molecule has 1 rings (SSSR count). The van der Waals surface area contributed by atoms with E-state index in [0.717, 1.165) is 0 Å². The lowest BCUT2D eigenvalue weighted by Gasteiger charge is -1.98. The van der Waals surface area contributed by atoms with Gasteiger partial charge in [-0.3, -0.25) is 0 Å². The quantitative estimate of drug-likeness (QED) is 0.498. The Morgan fingerprint density at radius 1 is 0.800 bits per heavy atom. The Morgan fingerprint density at radius 3 is 2.07 bits per heavy atom. The van der Waals surface area contributed by atoms with Crippen LogP contribution in [0.5, 0.6) is 0 Å². The number of aromatic nitrogens is 1. The third-order valence-electron chi connectivity index (χ3n) is 2.55. The van der Waals surface area contributed by atoms with Gasteiger partial charge in [0.05, 0.1) is 0 Å². The van der Waals surface area contributed by atoms with Gasteiger partial charge in [0.25, 0.3) is 0 Å². The molecule has 0 aliphatic carbocycles. The molecule has 0 aliphatic rings. The predicted octanol–water partition coefficient (Wildman–Crippen LogP) is 0.339. The third-order valence-corrected chi connectivity index (χ3v) is 2.55. The van der Waals surface area contributed by atoms with Crippen LogP contribution in [-0.4, -0.2) is 0 Å². The number of halogens is 1. The van der Waals surface area contributed by atoms with E-state index in [0.29, 0.717) is 0 Å². The van der Waals surface area contributed by atoms with Gasteiger partial charge in [0, 0.05) is 18.6 Å². The summed E-state index contributed by atoms with van der Waals surface area (Å²) in [6.07, 6.45) is 12.5. The molecule has 1 nitrogen and oxygen atoms in total. The first-order chi connectivity index (χ1) is 6.93. The maximum Gasteiger partial charge on any atom is 0.168 e. The van der Waals surface area contributed by atoms with E-state index >= 15 is 0 Å². The van der Waals surface area contributed by atoms with Crippen LogP contribution in [0.25, 0.3) is 0 Å². The van der Waals surface area contributed by atoms with E-state index in [1.807, 2.05) is 0 Å². The number of hydrogen-bond acceptors (Lipinski definition) is 0. The normalized spacial score (nSPS) is 9.67. The maximum atomic E-state index is 2.26. The molecule has 1 aromatic heterocycles. The van der Waals surface area contributed by atoms with E-state index in [2.05, 4.69) is 42.1 Å². The van der Waals surface area contributed by atoms with Crippen molar-refractivity contribution in [3.05, 3.63) is 30.6 Å². The molecular formula is C13H22BrN. The van der Waals surface area contributed by atoms with Gasteiger partial charge in [-0.15, -0.1) is 0 Å². The van der Waals surface area contributed by atoms with E-state index in [1.165, 1.54) is 45.1 Å². The number of rotatable bonds is 7. The van der Waals surface area contributed by atoms with Gasteiger partial charge in [0.15, 0.2) is 12.4 Å². The summed E-state index contributed by atoms with van der Waals surface area (Å²) >= 11 is 0. The monoisotopic (exact) mass is 271 g/mol. The van der Waals surface area contributed by atoms with Gasteiger partial charge in [0.2, 0.25) is 0 Å². The van der Waals surface area contributed by atoms with Crippen molar-refractivity contribution < 1.29 is 21.5 Å². The van der Waals surface area contributed by atoms with Crippen LogP contribution in [0.15, 0.2) is 30.6 Å². The minimum absolute atomic E-state index is 0. The van der Waals surface area contributed by atoms with Crippen molar-refractivity contribution in [3.63, 3.8) is 0 Å². The van der Waals surface area contributed by atoms with Gasteiger partial charge in [-0.05, 0) is 6.42 Å². The average molecular weight is 272 g/mol. The van der Waals surface area contributed by atoms with Crippen molar-refractivity contribution in [2.45, 2.75) is 52.0 Å².